The highest BCUT2D eigenvalue weighted by Gasteiger charge is 2.26. The first kappa shape index (κ1) is 20.0. The Labute approximate surface area is 149 Å². The van der Waals surface area contributed by atoms with E-state index in [1.54, 1.807) is 0 Å². The normalized spacial score (nSPS) is 17.4. The zero-order valence-electron chi connectivity index (χ0n) is 14.6. The van der Waals surface area contributed by atoms with Crippen LogP contribution in [0.15, 0.2) is 23.1 Å². The molecule has 142 valence electrons. The van der Waals surface area contributed by atoms with Gasteiger partial charge in [-0.2, -0.15) is 0 Å². The maximum atomic E-state index is 12.5. The van der Waals surface area contributed by atoms with Gasteiger partial charge in [0.25, 0.3) is 0 Å². The van der Waals surface area contributed by atoms with Crippen molar-refractivity contribution in [3.8, 4) is 11.5 Å². The Balaban J connectivity index is 1.99. The molecule has 8 nitrogen and oxygen atoms in total. The summed E-state index contributed by atoms with van der Waals surface area (Å²) >= 11 is 0. The quantitative estimate of drug-likeness (QED) is 0.731. The summed E-state index contributed by atoms with van der Waals surface area (Å²) < 4.78 is 62.2. The highest BCUT2D eigenvalue weighted by Crippen LogP contribution is 2.29. The van der Waals surface area contributed by atoms with Gasteiger partial charge in [-0.15, -0.1) is 0 Å². The van der Waals surface area contributed by atoms with Crippen LogP contribution in [-0.2, 0) is 20.0 Å². The lowest BCUT2D eigenvalue weighted by atomic mass is 9.99. The molecule has 0 atom stereocenters. The van der Waals surface area contributed by atoms with E-state index in [9.17, 15) is 16.8 Å². The van der Waals surface area contributed by atoms with E-state index in [4.69, 9.17) is 9.47 Å². The van der Waals surface area contributed by atoms with E-state index in [0.717, 1.165) is 0 Å². The Morgan fingerprint density at radius 3 is 2.20 bits per heavy atom. The molecule has 1 heterocycles. The van der Waals surface area contributed by atoms with Gasteiger partial charge in [0.1, 0.15) is 0 Å². The molecule has 1 fully saturated rings. The fourth-order valence-electron chi connectivity index (χ4n) is 2.74. The van der Waals surface area contributed by atoms with Gasteiger partial charge in [0.2, 0.25) is 20.0 Å². The third-order valence-corrected chi connectivity index (χ3v) is 6.99. The lowest BCUT2D eigenvalue weighted by Gasteiger charge is -2.30. The molecule has 0 bridgehead atoms. The third-order valence-electron chi connectivity index (χ3n) is 4.27. The highest BCUT2D eigenvalue weighted by atomic mass is 32.2. The van der Waals surface area contributed by atoms with Gasteiger partial charge in [-0.05, 0) is 30.9 Å². The first-order valence-electron chi connectivity index (χ1n) is 7.84. The predicted octanol–water partition coefficient (Wildman–Crippen LogP) is 0.654. The fraction of sp³-hybridized carbons (Fsp3) is 0.600. The first-order chi connectivity index (χ1) is 11.7. The standard InChI is InChI=1S/C15H24N2O6S2/c1-22-14-5-4-13(10-15(14)23-2)25(20,21)16-11-12-6-8-17(9-7-12)24(3,18)19/h4-5,10,12,16H,6-9,11H2,1-3H3. The number of ether oxygens (including phenoxy) is 2. The molecule has 0 aromatic heterocycles. The van der Waals surface area contributed by atoms with Crippen LogP contribution < -0.4 is 14.2 Å². The summed E-state index contributed by atoms with van der Waals surface area (Å²) in [6, 6.07) is 4.40. The topological polar surface area (TPSA) is 102 Å². The average molecular weight is 392 g/mol. The van der Waals surface area contributed by atoms with E-state index in [2.05, 4.69) is 4.72 Å². The Morgan fingerprint density at radius 1 is 1.08 bits per heavy atom. The predicted molar refractivity (Wildman–Crippen MR) is 93.9 cm³/mol. The lowest BCUT2D eigenvalue weighted by Crippen LogP contribution is -2.41. The smallest absolute Gasteiger partial charge is 0.240 e. The highest BCUT2D eigenvalue weighted by molar-refractivity contribution is 7.89. The van der Waals surface area contributed by atoms with Gasteiger partial charge in [0.05, 0.1) is 25.4 Å². The molecule has 25 heavy (non-hydrogen) atoms. The van der Waals surface area contributed by atoms with Crippen LogP contribution in [0.25, 0.3) is 0 Å². The Bertz CT molecular complexity index is 799. The first-order valence-corrected chi connectivity index (χ1v) is 11.2. The summed E-state index contributed by atoms with van der Waals surface area (Å²) in [5.41, 5.74) is 0. The molecular weight excluding hydrogens is 368 g/mol. The summed E-state index contributed by atoms with van der Waals surface area (Å²) in [5.74, 6) is 0.898. The van der Waals surface area contributed by atoms with Crippen LogP contribution in [0, 0.1) is 5.92 Å². The van der Waals surface area contributed by atoms with Crippen molar-refractivity contribution in [3.63, 3.8) is 0 Å². The van der Waals surface area contributed by atoms with Crippen molar-refractivity contribution in [2.45, 2.75) is 17.7 Å². The van der Waals surface area contributed by atoms with Gasteiger partial charge in [0, 0.05) is 25.7 Å². The largest absolute Gasteiger partial charge is 0.493 e. The molecule has 1 aliphatic rings. The van der Waals surface area contributed by atoms with Crippen LogP contribution in [0.4, 0.5) is 0 Å². The third kappa shape index (κ3) is 5.06. The van der Waals surface area contributed by atoms with E-state index >= 15 is 0 Å². The molecule has 0 saturated carbocycles. The van der Waals surface area contributed by atoms with Gasteiger partial charge in [-0.1, -0.05) is 0 Å². The molecule has 1 N–H and O–H groups in total. The molecular formula is C15H24N2O6S2. The lowest BCUT2D eigenvalue weighted by molar-refractivity contribution is 0.275. The number of rotatable bonds is 7. The number of sulfonamides is 2. The molecule has 0 unspecified atom stereocenters. The second kappa shape index (κ2) is 7.90. The minimum Gasteiger partial charge on any atom is -0.493 e. The summed E-state index contributed by atoms with van der Waals surface area (Å²) in [5, 5.41) is 0. The summed E-state index contributed by atoms with van der Waals surface area (Å²) in [6.07, 6.45) is 2.44. The Kier molecular flexibility index (Phi) is 6.30. The molecule has 10 heteroatoms. The van der Waals surface area contributed by atoms with Crippen LogP contribution in [0.3, 0.4) is 0 Å². The second-order valence-corrected chi connectivity index (χ2v) is 9.72. The number of benzene rings is 1. The molecule has 0 radical (unpaired) electrons. The second-order valence-electron chi connectivity index (χ2n) is 5.97. The molecule has 2 rings (SSSR count). The summed E-state index contributed by atoms with van der Waals surface area (Å²) in [4.78, 5) is 0.0960. The number of nitrogens with zero attached hydrogens (tertiary/aromatic N) is 1. The number of hydrogen-bond acceptors (Lipinski definition) is 6. The zero-order chi connectivity index (χ0) is 18.7. The van der Waals surface area contributed by atoms with Crippen molar-refractivity contribution in [2.75, 3.05) is 40.1 Å². The van der Waals surface area contributed by atoms with Gasteiger partial charge < -0.3 is 9.47 Å². The molecule has 1 aliphatic heterocycles. The molecule has 1 aromatic rings. The molecule has 0 spiro atoms. The Morgan fingerprint density at radius 2 is 1.68 bits per heavy atom. The van der Waals surface area contributed by atoms with Crippen LogP contribution >= 0.6 is 0 Å². The van der Waals surface area contributed by atoms with Gasteiger partial charge in [-0.25, -0.2) is 25.9 Å². The van der Waals surface area contributed by atoms with Gasteiger partial charge >= 0.3 is 0 Å². The van der Waals surface area contributed by atoms with Crippen molar-refractivity contribution in [3.05, 3.63) is 18.2 Å². The van der Waals surface area contributed by atoms with Gasteiger partial charge in [-0.3, -0.25) is 0 Å². The van der Waals surface area contributed by atoms with Gasteiger partial charge in [0.15, 0.2) is 11.5 Å². The van der Waals surface area contributed by atoms with E-state index in [-0.39, 0.29) is 17.4 Å². The molecule has 0 aliphatic carbocycles. The molecule has 1 saturated heterocycles. The van der Waals surface area contributed by atoms with Crippen LogP contribution in [0.1, 0.15) is 12.8 Å². The fourth-order valence-corrected chi connectivity index (χ4v) is 4.74. The molecule has 0 amide bonds. The van der Waals surface area contributed by atoms with Crippen LogP contribution in [-0.4, -0.2) is 61.3 Å². The van der Waals surface area contributed by atoms with Crippen molar-refractivity contribution in [1.82, 2.24) is 9.03 Å². The molecule has 1 aromatic carbocycles. The van der Waals surface area contributed by atoms with E-state index in [1.807, 2.05) is 0 Å². The zero-order valence-corrected chi connectivity index (χ0v) is 16.2. The van der Waals surface area contributed by atoms with Crippen molar-refractivity contribution >= 4 is 20.0 Å². The number of piperidine rings is 1. The van der Waals surface area contributed by atoms with Crippen LogP contribution in [0.5, 0.6) is 11.5 Å². The van der Waals surface area contributed by atoms with E-state index < -0.39 is 20.0 Å². The maximum absolute atomic E-state index is 12.5. The van der Waals surface area contributed by atoms with Crippen LogP contribution in [0.2, 0.25) is 0 Å². The monoisotopic (exact) mass is 392 g/mol. The average Bonchev–Trinajstić information content (AvgIpc) is 2.59. The number of methoxy groups -OCH3 is 2. The minimum atomic E-state index is -3.68. The number of nitrogens with one attached hydrogen (secondary N) is 1. The number of hydrogen-bond donors (Lipinski definition) is 1. The van der Waals surface area contributed by atoms with Crippen molar-refractivity contribution in [1.29, 1.82) is 0 Å². The van der Waals surface area contributed by atoms with Crippen molar-refractivity contribution < 1.29 is 26.3 Å². The Hall–Kier alpha value is -1.36. The summed E-state index contributed by atoms with van der Waals surface area (Å²) in [7, 11) is -3.94. The maximum Gasteiger partial charge on any atom is 0.240 e. The summed E-state index contributed by atoms with van der Waals surface area (Å²) in [6.45, 7) is 1.11. The van der Waals surface area contributed by atoms with E-state index in [1.165, 1.54) is 43.0 Å². The SMILES string of the molecule is COc1ccc(S(=O)(=O)NCC2CCN(S(C)(=O)=O)CC2)cc1OC. The van der Waals surface area contributed by atoms with E-state index in [0.29, 0.717) is 37.4 Å². The van der Waals surface area contributed by atoms with Crippen molar-refractivity contribution in [2.24, 2.45) is 5.92 Å². The minimum absolute atomic E-state index is 0.0960.